The number of ether oxygens (including phenoxy) is 1. The number of halogens is 7. The van der Waals surface area contributed by atoms with Crippen LogP contribution in [0.2, 0.25) is 0 Å². The van der Waals surface area contributed by atoms with Crippen molar-refractivity contribution in [2.45, 2.75) is 38.4 Å². The van der Waals surface area contributed by atoms with E-state index >= 15 is 0 Å². The van der Waals surface area contributed by atoms with Gasteiger partial charge in [-0.3, -0.25) is 4.79 Å². The maximum Gasteiger partial charge on any atom is 0.534 e. The Morgan fingerprint density at radius 1 is 1.15 bits per heavy atom. The van der Waals surface area contributed by atoms with Gasteiger partial charge in [-0.1, -0.05) is 26.0 Å². The Kier molecular flexibility index (Phi) is 7.80. The average molecular weight is 518 g/mol. The molecular weight excluding hydrogens is 497 g/mol. The molecule has 1 aliphatic carbocycles. The van der Waals surface area contributed by atoms with Gasteiger partial charge in [0.15, 0.2) is 0 Å². The lowest BCUT2D eigenvalue weighted by molar-refractivity contribution is -0.228. The number of hydrogen-bond acceptors (Lipinski definition) is 5. The monoisotopic (exact) mass is 518 g/mol. The van der Waals surface area contributed by atoms with Crippen LogP contribution in [0.3, 0.4) is 0 Å². The van der Waals surface area contributed by atoms with Crippen LogP contribution < -0.4 is 0 Å². The molecule has 0 aromatic heterocycles. The van der Waals surface area contributed by atoms with Crippen molar-refractivity contribution in [3.63, 3.8) is 0 Å². The van der Waals surface area contributed by atoms with Crippen molar-refractivity contribution in [1.29, 1.82) is 0 Å². The number of allylic oxidation sites excluding steroid dienone is 3. The molecule has 13 heteroatoms. The predicted octanol–water partition coefficient (Wildman–Crippen LogP) is 5.75. The van der Waals surface area contributed by atoms with Crippen molar-refractivity contribution >= 4 is 21.7 Å². The second-order valence-electron chi connectivity index (χ2n) is 8.13. The summed E-state index contributed by atoms with van der Waals surface area (Å²) < 4.78 is 128. The Bertz CT molecular complexity index is 1090. The third-order valence-corrected chi connectivity index (χ3v) is 6.21. The lowest BCUT2D eigenvalue weighted by atomic mass is 9.65. The molecule has 0 radical (unpaired) electrons. The van der Waals surface area contributed by atoms with E-state index in [9.17, 15) is 43.9 Å². The lowest BCUT2D eigenvalue weighted by Gasteiger charge is -2.41. The number of alkyl halides is 6. The Morgan fingerprint density at radius 3 is 2.24 bits per heavy atom. The maximum absolute atomic E-state index is 14.6. The van der Waals surface area contributed by atoms with Gasteiger partial charge in [0.1, 0.15) is 17.0 Å². The van der Waals surface area contributed by atoms with Gasteiger partial charge < -0.3 is 8.92 Å². The molecule has 34 heavy (non-hydrogen) atoms. The van der Waals surface area contributed by atoms with Gasteiger partial charge >= 0.3 is 27.8 Å². The summed E-state index contributed by atoms with van der Waals surface area (Å²) >= 11 is 0. The van der Waals surface area contributed by atoms with Crippen LogP contribution in [0.1, 0.15) is 32.3 Å². The van der Waals surface area contributed by atoms with Gasteiger partial charge in [-0.2, -0.15) is 34.8 Å². The molecule has 0 saturated carbocycles. The first kappa shape index (κ1) is 27.7. The first-order chi connectivity index (χ1) is 15.4. The molecule has 190 valence electrons. The van der Waals surface area contributed by atoms with Crippen molar-refractivity contribution in [3.05, 3.63) is 53.6 Å². The van der Waals surface area contributed by atoms with Gasteiger partial charge in [0, 0.05) is 0 Å². The number of methoxy groups -OCH3 is 1. The summed E-state index contributed by atoms with van der Waals surface area (Å²) in [7, 11) is -5.50. The SMILES string of the molecule is COC(=O)C(CC(C)C)C1(C(F)(F)F)C=C(OS(=O)(=O)C(F)(F)F)C=C(c2cccc(F)c2)C1. The van der Waals surface area contributed by atoms with Gasteiger partial charge in [0.05, 0.1) is 13.0 Å². The highest BCUT2D eigenvalue weighted by Crippen LogP contribution is 2.56. The quantitative estimate of drug-likeness (QED) is 0.199. The highest BCUT2D eigenvalue weighted by molar-refractivity contribution is 7.87. The van der Waals surface area contributed by atoms with Crippen LogP contribution in [0, 0.1) is 23.1 Å². The molecule has 2 atom stereocenters. The molecule has 0 bridgehead atoms. The second-order valence-corrected chi connectivity index (χ2v) is 9.67. The number of esters is 1. The van der Waals surface area contributed by atoms with E-state index in [4.69, 9.17) is 0 Å². The van der Waals surface area contributed by atoms with E-state index in [0.717, 1.165) is 25.3 Å². The van der Waals surface area contributed by atoms with E-state index < -0.39 is 69.4 Å². The molecule has 1 aromatic rings. The van der Waals surface area contributed by atoms with Crippen molar-refractivity contribution in [2.24, 2.45) is 17.3 Å². The number of rotatable bonds is 7. The van der Waals surface area contributed by atoms with E-state index in [-0.39, 0.29) is 17.2 Å². The fraction of sp³-hybridized carbons (Fsp3) is 0.476. The number of carbonyl (C=O) groups is 1. The largest absolute Gasteiger partial charge is 0.534 e. The van der Waals surface area contributed by atoms with E-state index in [2.05, 4.69) is 8.92 Å². The molecule has 0 fully saturated rings. The molecule has 0 aliphatic heterocycles. The van der Waals surface area contributed by atoms with E-state index in [1.807, 2.05) is 0 Å². The second kappa shape index (κ2) is 9.59. The van der Waals surface area contributed by atoms with Crippen molar-refractivity contribution in [3.8, 4) is 0 Å². The van der Waals surface area contributed by atoms with Crippen LogP contribution in [0.5, 0.6) is 0 Å². The van der Waals surface area contributed by atoms with Crippen LogP contribution in [0.4, 0.5) is 30.7 Å². The van der Waals surface area contributed by atoms with Crippen molar-refractivity contribution in [2.75, 3.05) is 7.11 Å². The summed E-state index contributed by atoms with van der Waals surface area (Å²) in [5.74, 6) is -5.94. The molecule has 5 nitrogen and oxygen atoms in total. The Hall–Kier alpha value is -2.57. The van der Waals surface area contributed by atoms with Gasteiger partial charge in [-0.25, -0.2) is 4.39 Å². The normalized spacial score (nSPS) is 20.4. The molecule has 0 N–H and O–H groups in total. The zero-order valence-electron chi connectivity index (χ0n) is 18.1. The van der Waals surface area contributed by atoms with E-state index in [0.29, 0.717) is 6.08 Å². The van der Waals surface area contributed by atoms with E-state index in [1.54, 1.807) is 0 Å². The molecule has 1 aromatic carbocycles. The molecule has 2 unspecified atom stereocenters. The molecule has 2 rings (SSSR count). The average Bonchev–Trinajstić information content (AvgIpc) is 2.69. The minimum atomic E-state index is -6.35. The molecule has 1 aliphatic rings. The van der Waals surface area contributed by atoms with Gasteiger partial charge in [0.25, 0.3) is 0 Å². The number of carbonyl (C=O) groups excluding carboxylic acids is 1. The minimum Gasteiger partial charge on any atom is -0.469 e. The lowest BCUT2D eigenvalue weighted by Crippen LogP contribution is -2.48. The molecule has 0 heterocycles. The first-order valence-corrected chi connectivity index (χ1v) is 11.2. The summed E-state index contributed by atoms with van der Waals surface area (Å²) in [6.07, 6.45) is -5.89. The summed E-state index contributed by atoms with van der Waals surface area (Å²) in [6, 6.07) is 4.15. The molecular formula is C21H21F7O5S. The Morgan fingerprint density at radius 2 is 1.76 bits per heavy atom. The smallest absolute Gasteiger partial charge is 0.469 e. The minimum absolute atomic E-state index is 0.156. The van der Waals surface area contributed by atoms with Crippen molar-refractivity contribution in [1.82, 2.24) is 0 Å². The highest BCUT2D eigenvalue weighted by atomic mass is 32.2. The summed E-state index contributed by atoms with van der Waals surface area (Å²) in [4.78, 5) is 12.5. The molecule has 0 amide bonds. The summed E-state index contributed by atoms with van der Waals surface area (Å²) in [6.45, 7) is 3.03. The third kappa shape index (κ3) is 5.73. The standard InChI is InChI=1S/C21H21F7O5S/c1-12(2)7-17(18(29)32-3)19(20(23,24)25)10-14(13-5-4-6-15(22)8-13)9-16(11-19)33-34(30,31)21(26,27)28/h4-6,8-9,11-12,17H,7,10H2,1-3H3. The van der Waals surface area contributed by atoms with Crippen molar-refractivity contribution < 1.29 is 52.9 Å². The van der Waals surface area contributed by atoms with Crippen LogP contribution in [-0.4, -0.2) is 33.2 Å². The van der Waals surface area contributed by atoms with E-state index in [1.165, 1.54) is 19.9 Å². The molecule has 0 saturated heterocycles. The zero-order valence-corrected chi connectivity index (χ0v) is 18.9. The zero-order chi connectivity index (χ0) is 26.1. The van der Waals surface area contributed by atoms with Crippen LogP contribution in [-0.2, 0) is 23.8 Å². The van der Waals surface area contributed by atoms with Gasteiger partial charge in [-0.05, 0) is 54.2 Å². The topological polar surface area (TPSA) is 69.7 Å². The summed E-state index contributed by atoms with van der Waals surface area (Å²) in [5.41, 5.74) is -9.69. The van der Waals surface area contributed by atoms with Gasteiger partial charge in [-0.15, -0.1) is 0 Å². The summed E-state index contributed by atoms with van der Waals surface area (Å²) in [5, 5.41) is 0. The third-order valence-electron chi connectivity index (χ3n) is 5.23. The molecule has 0 spiro atoms. The fourth-order valence-corrected chi connectivity index (χ4v) is 4.16. The van der Waals surface area contributed by atoms with Crippen LogP contribution in [0.25, 0.3) is 5.57 Å². The highest BCUT2D eigenvalue weighted by Gasteiger charge is 2.62. The first-order valence-electron chi connectivity index (χ1n) is 9.78. The fourth-order valence-electron chi connectivity index (χ4n) is 3.71. The predicted molar refractivity (Wildman–Crippen MR) is 107 cm³/mol. The number of benzene rings is 1. The Labute approximate surface area is 191 Å². The van der Waals surface area contributed by atoms with Crippen LogP contribution >= 0.6 is 0 Å². The Balaban J connectivity index is 2.83. The number of hydrogen-bond donors (Lipinski definition) is 0. The van der Waals surface area contributed by atoms with Crippen LogP contribution in [0.15, 0.2) is 42.2 Å². The maximum atomic E-state index is 14.6. The van der Waals surface area contributed by atoms with Gasteiger partial charge in [0.2, 0.25) is 0 Å².